The van der Waals surface area contributed by atoms with Crippen molar-refractivity contribution in [3.63, 3.8) is 0 Å². The van der Waals surface area contributed by atoms with E-state index in [9.17, 15) is 23.2 Å². The van der Waals surface area contributed by atoms with Gasteiger partial charge < -0.3 is 15.1 Å². The molecule has 2 saturated heterocycles. The van der Waals surface area contributed by atoms with E-state index in [1.165, 1.54) is 66.7 Å². The van der Waals surface area contributed by atoms with E-state index in [1.807, 2.05) is 6.07 Å². The van der Waals surface area contributed by atoms with Crippen molar-refractivity contribution in [2.45, 2.75) is 6.54 Å². The van der Waals surface area contributed by atoms with Crippen LogP contribution in [0.5, 0.6) is 0 Å². The molecular weight excluding hydrogens is 1060 g/mol. The molecule has 8 aromatic rings. The summed E-state index contributed by atoms with van der Waals surface area (Å²) in [6.07, 6.45) is 0.663. The Balaban J connectivity index is 0.000000172. The SMILES string of the molecule is CN(C)CC1CN(Cc2cc(-c3ccc(F)cc3Cl)c3ccc(=O)n(-c4c(Cl)cccc4Cl)c3c2)C1.CN(C)CC1CNC1.O=Cc1cc(-c2ccc(F)cc2Cl)c2ccc(=O)n(-c3c(Cl)cccc3Cl)c2c1. The lowest BCUT2D eigenvalue weighted by atomic mass is 9.95. The van der Waals surface area contributed by atoms with Crippen molar-refractivity contribution >= 4 is 97.7 Å². The molecule has 10 rings (SSSR count). The van der Waals surface area contributed by atoms with Crippen LogP contribution >= 0.6 is 69.6 Å². The maximum absolute atomic E-state index is 13.9. The molecule has 0 atom stereocenters. The Morgan fingerprint density at radius 2 is 1.00 bits per heavy atom. The highest BCUT2D eigenvalue weighted by Gasteiger charge is 2.28. The van der Waals surface area contributed by atoms with E-state index < -0.39 is 11.6 Å². The number of para-hydroxylation sites is 2. The summed E-state index contributed by atoms with van der Waals surface area (Å²) in [4.78, 5) is 44.4. The number of aldehydes is 1. The van der Waals surface area contributed by atoms with E-state index in [1.54, 1.807) is 71.3 Å². The number of nitrogens with zero attached hydrogens (tertiary/aromatic N) is 5. The highest BCUT2D eigenvalue weighted by Crippen LogP contribution is 2.39. The molecule has 1 N–H and O–H groups in total. The number of carbonyl (C=O) groups excluding carboxylic acids is 1. The van der Waals surface area contributed by atoms with Gasteiger partial charge in [-0.15, -0.1) is 0 Å². The van der Waals surface area contributed by atoms with Crippen LogP contribution in [0.25, 0.3) is 55.4 Å². The summed E-state index contributed by atoms with van der Waals surface area (Å²) in [5, 5.41) is 6.45. The number of pyridine rings is 2. The summed E-state index contributed by atoms with van der Waals surface area (Å²) < 4.78 is 30.3. The minimum atomic E-state index is -0.477. The van der Waals surface area contributed by atoms with E-state index in [4.69, 9.17) is 69.6 Å². The summed E-state index contributed by atoms with van der Waals surface area (Å²) in [6.45, 7) is 7.45. The second kappa shape index (κ2) is 23.6. The summed E-state index contributed by atoms with van der Waals surface area (Å²) >= 11 is 38.5. The zero-order valence-electron chi connectivity index (χ0n) is 40.2. The van der Waals surface area contributed by atoms with Crippen molar-refractivity contribution in [1.29, 1.82) is 0 Å². The zero-order valence-corrected chi connectivity index (χ0v) is 44.7. The molecule has 17 heteroatoms. The Bertz CT molecular complexity index is 3450. The lowest BCUT2D eigenvalue weighted by molar-refractivity contribution is 0.0730. The number of rotatable bonds is 11. The van der Waals surface area contributed by atoms with Crippen molar-refractivity contribution in [1.82, 2.24) is 29.2 Å². The first-order chi connectivity index (χ1) is 34.9. The third-order valence-corrected chi connectivity index (χ3v) is 14.4. The molecule has 0 aliphatic carbocycles. The number of carbonyl (C=O) groups is 1. The Labute approximate surface area is 452 Å². The van der Waals surface area contributed by atoms with Gasteiger partial charge in [0.05, 0.1) is 52.5 Å². The fourth-order valence-corrected chi connectivity index (χ4v) is 11.0. The molecule has 9 nitrogen and oxygen atoms in total. The van der Waals surface area contributed by atoms with E-state index in [2.05, 4.69) is 54.3 Å². The molecular formula is C56H50Cl6F2N6O3. The number of likely N-dealkylation sites (tertiary alicyclic amines) is 1. The smallest absolute Gasteiger partial charge is 0.255 e. The normalized spacial score (nSPS) is 13.9. The van der Waals surface area contributed by atoms with Crippen LogP contribution in [-0.4, -0.2) is 97.6 Å². The van der Waals surface area contributed by atoms with Crippen LogP contribution in [0, 0.1) is 23.5 Å². The topological polar surface area (TPSA) is 82.8 Å². The molecule has 73 heavy (non-hydrogen) atoms. The van der Waals surface area contributed by atoms with Crippen LogP contribution in [-0.2, 0) is 6.54 Å². The number of nitrogens with one attached hydrogen (secondary N) is 1. The predicted octanol–water partition coefficient (Wildman–Crippen LogP) is 13.1. The Kier molecular flexibility index (Phi) is 17.5. The summed E-state index contributed by atoms with van der Waals surface area (Å²) in [5.74, 6) is 0.669. The van der Waals surface area contributed by atoms with E-state index in [0.717, 1.165) is 42.1 Å². The molecule has 0 bridgehead atoms. The van der Waals surface area contributed by atoms with Crippen molar-refractivity contribution in [3.05, 3.63) is 195 Å². The minimum absolute atomic E-state index is 0.183. The zero-order chi connectivity index (χ0) is 52.2. The molecule has 0 unspecified atom stereocenters. The average molecular weight is 1110 g/mol. The molecule has 2 aliphatic rings. The van der Waals surface area contributed by atoms with Crippen LogP contribution in [0.4, 0.5) is 8.78 Å². The standard InChI is InChI=1S/C28H25Cl3FN3O.C22H11Cl3FNO2.C6H14N2/c1-33(2)13-18-15-34(16-18)14-17-10-22(20-7-6-19(32)12-25(20)31)21-8-9-27(36)35(26(21)11-17)28-23(29)4-3-5-24(28)30;23-17-2-1-3-18(24)22(17)27-20-9-12(11-28)8-16(15(20)6-7-21(27)29)14-5-4-13(26)10-19(14)25;1-8(2)5-6-3-7-4-6/h3-12,18H,13-16H2,1-2H3;1-11H;6-7H,3-5H2,1-2H3. The summed E-state index contributed by atoms with van der Waals surface area (Å²) in [7, 11) is 8.42. The van der Waals surface area contributed by atoms with Gasteiger partial charge >= 0.3 is 0 Å². The second-order valence-electron chi connectivity index (χ2n) is 18.7. The number of hydrogen-bond acceptors (Lipinski definition) is 7. The molecule has 6 aromatic carbocycles. The molecule has 2 aromatic heterocycles. The van der Waals surface area contributed by atoms with Gasteiger partial charge in [-0.05, 0) is 154 Å². The van der Waals surface area contributed by atoms with E-state index in [-0.39, 0.29) is 26.2 Å². The number of fused-ring (bicyclic) bond motifs is 2. The molecule has 0 spiro atoms. The Morgan fingerprint density at radius 1 is 0.548 bits per heavy atom. The predicted molar refractivity (Wildman–Crippen MR) is 298 cm³/mol. The summed E-state index contributed by atoms with van der Waals surface area (Å²) in [6, 6.07) is 32.0. The highest BCUT2D eigenvalue weighted by atomic mass is 35.5. The van der Waals surface area contributed by atoms with Gasteiger partial charge in [0.15, 0.2) is 0 Å². The fraction of sp³-hybridized carbons (Fsp3) is 0.232. The number of halogens is 8. The van der Waals surface area contributed by atoms with Gasteiger partial charge in [0, 0.05) is 85.4 Å². The first kappa shape index (κ1) is 54.1. The van der Waals surface area contributed by atoms with Crippen molar-refractivity contribution in [2.24, 2.45) is 11.8 Å². The van der Waals surface area contributed by atoms with Gasteiger partial charge in [-0.1, -0.05) is 81.7 Å². The van der Waals surface area contributed by atoms with Crippen molar-refractivity contribution in [2.75, 3.05) is 67.5 Å². The van der Waals surface area contributed by atoms with Gasteiger partial charge in [0.1, 0.15) is 17.9 Å². The lowest BCUT2D eigenvalue weighted by Gasteiger charge is -2.40. The number of aromatic nitrogens is 2. The molecule has 4 heterocycles. The molecule has 0 radical (unpaired) electrons. The molecule has 2 fully saturated rings. The largest absolute Gasteiger partial charge is 0.316 e. The van der Waals surface area contributed by atoms with Gasteiger partial charge in [-0.2, -0.15) is 0 Å². The molecule has 0 saturated carbocycles. The van der Waals surface area contributed by atoms with Gasteiger partial charge in [0.25, 0.3) is 11.1 Å². The quantitative estimate of drug-likeness (QED) is 0.129. The number of benzene rings is 6. The average Bonchev–Trinajstić information content (AvgIpc) is 3.30. The van der Waals surface area contributed by atoms with Crippen LogP contribution in [0.2, 0.25) is 30.1 Å². The third-order valence-electron chi connectivity index (χ3n) is 12.6. The first-order valence-electron chi connectivity index (χ1n) is 23.3. The Morgan fingerprint density at radius 3 is 1.41 bits per heavy atom. The van der Waals surface area contributed by atoms with E-state index >= 15 is 0 Å². The van der Waals surface area contributed by atoms with E-state index in [0.29, 0.717) is 83.9 Å². The first-order valence-corrected chi connectivity index (χ1v) is 25.5. The van der Waals surface area contributed by atoms with Gasteiger partial charge in [-0.3, -0.25) is 28.4 Å². The van der Waals surface area contributed by atoms with Crippen LogP contribution in [0.3, 0.4) is 0 Å². The highest BCUT2D eigenvalue weighted by molar-refractivity contribution is 6.39. The van der Waals surface area contributed by atoms with Crippen LogP contribution in [0.15, 0.2) is 131 Å². The maximum Gasteiger partial charge on any atom is 0.255 e. The Hall–Kier alpha value is -5.15. The molecule has 0 amide bonds. The molecule has 2 aliphatic heterocycles. The fourth-order valence-electron chi connectivity index (χ4n) is 9.35. The summed E-state index contributed by atoms with van der Waals surface area (Å²) in [5.41, 5.74) is 5.15. The van der Waals surface area contributed by atoms with Gasteiger partial charge in [-0.25, -0.2) is 8.78 Å². The van der Waals surface area contributed by atoms with Crippen LogP contribution < -0.4 is 16.4 Å². The lowest BCUT2D eigenvalue weighted by Crippen LogP contribution is -2.49. The van der Waals surface area contributed by atoms with Gasteiger partial charge in [0.2, 0.25) is 0 Å². The number of hydrogen-bond donors (Lipinski definition) is 1. The van der Waals surface area contributed by atoms with Crippen molar-refractivity contribution < 1.29 is 13.6 Å². The minimum Gasteiger partial charge on any atom is -0.316 e. The monoisotopic (exact) mass is 1100 g/mol. The third kappa shape index (κ3) is 12.4. The van der Waals surface area contributed by atoms with Crippen LogP contribution in [0.1, 0.15) is 15.9 Å². The van der Waals surface area contributed by atoms with Crippen molar-refractivity contribution in [3.8, 4) is 33.6 Å². The maximum atomic E-state index is 13.9. The second-order valence-corrected chi connectivity index (χ2v) is 21.2. The molecule has 378 valence electrons.